The van der Waals surface area contributed by atoms with Crippen LogP contribution in [0.3, 0.4) is 0 Å². The molecular formula is C21H20N4O4S. The predicted octanol–water partition coefficient (Wildman–Crippen LogP) is 2.98. The second kappa shape index (κ2) is 8.58. The van der Waals surface area contributed by atoms with Crippen molar-refractivity contribution in [3.63, 3.8) is 0 Å². The van der Waals surface area contributed by atoms with Crippen LogP contribution in [0.1, 0.15) is 23.1 Å². The van der Waals surface area contributed by atoms with Gasteiger partial charge in [-0.25, -0.2) is 0 Å². The molecule has 2 heterocycles. The topological polar surface area (TPSA) is 101 Å². The van der Waals surface area contributed by atoms with Crippen LogP contribution in [-0.2, 0) is 9.59 Å². The zero-order valence-electron chi connectivity index (χ0n) is 16.5. The molecule has 0 bridgehead atoms. The first kappa shape index (κ1) is 20.0. The minimum absolute atomic E-state index is 0.0508. The number of aryl methyl sites for hydroxylation is 2. The van der Waals surface area contributed by atoms with Crippen molar-refractivity contribution in [3.05, 3.63) is 53.1 Å². The van der Waals surface area contributed by atoms with E-state index in [-0.39, 0.29) is 25.0 Å². The van der Waals surface area contributed by atoms with Crippen LogP contribution in [0, 0.1) is 13.8 Å². The second-order valence-corrected chi connectivity index (χ2v) is 8.07. The van der Waals surface area contributed by atoms with Gasteiger partial charge in [-0.05, 0) is 48.7 Å². The van der Waals surface area contributed by atoms with E-state index in [0.717, 1.165) is 22.4 Å². The van der Waals surface area contributed by atoms with E-state index in [4.69, 9.17) is 9.47 Å². The highest BCUT2D eigenvalue weighted by molar-refractivity contribution is 8.15. The third-order valence-corrected chi connectivity index (χ3v) is 5.72. The first-order chi connectivity index (χ1) is 14.5. The van der Waals surface area contributed by atoms with Gasteiger partial charge < -0.3 is 20.1 Å². The Morgan fingerprint density at radius 1 is 1.23 bits per heavy atom. The smallest absolute Gasteiger partial charge is 0.240 e. The molecule has 0 spiro atoms. The molecule has 2 aliphatic heterocycles. The van der Waals surface area contributed by atoms with Crippen molar-refractivity contribution in [1.29, 1.82) is 0 Å². The summed E-state index contributed by atoms with van der Waals surface area (Å²) in [5.74, 6) is 0.878. The number of ether oxygens (including phenoxy) is 2. The SMILES string of the molecule is Cc1cccc(C)c1NC(=O)CC1S/C(=N\N=Cc2ccc3c(c2)OCO3)NC1=O. The third kappa shape index (κ3) is 4.46. The van der Waals surface area contributed by atoms with Crippen LogP contribution in [-0.4, -0.2) is 35.2 Å². The summed E-state index contributed by atoms with van der Waals surface area (Å²) in [7, 11) is 0. The minimum Gasteiger partial charge on any atom is -0.454 e. The fourth-order valence-electron chi connectivity index (χ4n) is 3.10. The van der Waals surface area contributed by atoms with E-state index in [2.05, 4.69) is 20.8 Å². The molecule has 0 saturated carbocycles. The number of carbonyl (C=O) groups is 2. The Morgan fingerprint density at radius 3 is 2.80 bits per heavy atom. The maximum atomic E-state index is 12.4. The molecule has 0 aliphatic carbocycles. The molecule has 2 N–H and O–H groups in total. The minimum atomic E-state index is -0.547. The van der Waals surface area contributed by atoms with Gasteiger partial charge in [0.15, 0.2) is 16.7 Å². The van der Waals surface area contributed by atoms with Gasteiger partial charge in [0.05, 0.1) is 6.21 Å². The van der Waals surface area contributed by atoms with Crippen molar-refractivity contribution < 1.29 is 19.1 Å². The fourth-order valence-corrected chi connectivity index (χ4v) is 4.02. The number of hydrogen-bond acceptors (Lipinski definition) is 7. The highest BCUT2D eigenvalue weighted by Gasteiger charge is 2.32. The van der Waals surface area contributed by atoms with Gasteiger partial charge in [-0.1, -0.05) is 30.0 Å². The lowest BCUT2D eigenvalue weighted by Crippen LogP contribution is -2.28. The van der Waals surface area contributed by atoms with Crippen LogP contribution < -0.4 is 20.1 Å². The standard InChI is InChI=1S/C21H20N4O4S/c1-12-4-3-5-13(2)19(12)23-18(26)9-17-20(27)24-21(30-17)25-22-10-14-6-7-15-16(8-14)29-11-28-15/h3-8,10,17H,9,11H2,1-2H3,(H,23,26)(H,24,25,27). The zero-order chi connectivity index (χ0) is 21.1. The summed E-state index contributed by atoms with van der Waals surface area (Å²) in [6.07, 6.45) is 1.61. The van der Waals surface area contributed by atoms with E-state index in [0.29, 0.717) is 16.7 Å². The van der Waals surface area contributed by atoms with Gasteiger partial charge in [0, 0.05) is 12.1 Å². The Morgan fingerprint density at radius 2 is 2.00 bits per heavy atom. The molecule has 2 aliphatic rings. The molecule has 0 aromatic heterocycles. The Bertz CT molecular complexity index is 1050. The van der Waals surface area contributed by atoms with E-state index in [1.165, 1.54) is 11.8 Å². The number of para-hydroxylation sites is 1. The first-order valence-electron chi connectivity index (χ1n) is 9.34. The van der Waals surface area contributed by atoms with Crippen LogP contribution >= 0.6 is 11.8 Å². The van der Waals surface area contributed by atoms with Gasteiger partial charge in [0.25, 0.3) is 0 Å². The molecular weight excluding hydrogens is 404 g/mol. The molecule has 4 rings (SSSR count). The van der Waals surface area contributed by atoms with Gasteiger partial charge in [-0.15, -0.1) is 5.10 Å². The molecule has 1 atom stereocenters. The monoisotopic (exact) mass is 424 g/mol. The molecule has 9 heteroatoms. The van der Waals surface area contributed by atoms with Crippen LogP contribution in [0.5, 0.6) is 11.5 Å². The molecule has 2 amide bonds. The van der Waals surface area contributed by atoms with Crippen molar-refractivity contribution in [3.8, 4) is 11.5 Å². The lowest BCUT2D eigenvalue weighted by atomic mass is 10.1. The number of benzene rings is 2. The predicted molar refractivity (Wildman–Crippen MR) is 116 cm³/mol. The molecule has 154 valence electrons. The van der Waals surface area contributed by atoms with Crippen molar-refractivity contribution in [2.45, 2.75) is 25.5 Å². The van der Waals surface area contributed by atoms with Crippen LogP contribution in [0.2, 0.25) is 0 Å². The number of nitrogens with zero attached hydrogens (tertiary/aromatic N) is 2. The molecule has 8 nitrogen and oxygen atoms in total. The van der Waals surface area contributed by atoms with E-state index in [1.807, 2.05) is 38.1 Å². The molecule has 2 aromatic carbocycles. The maximum Gasteiger partial charge on any atom is 0.240 e. The molecule has 30 heavy (non-hydrogen) atoms. The Balaban J connectivity index is 1.35. The van der Waals surface area contributed by atoms with Crippen molar-refractivity contribution >= 4 is 40.6 Å². The number of carbonyl (C=O) groups excluding carboxylic acids is 2. The molecule has 2 aromatic rings. The number of nitrogens with one attached hydrogen (secondary N) is 2. The highest BCUT2D eigenvalue weighted by Crippen LogP contribution is 2.32. The number of thioether (sulfide) groups is 1. The van der Waals surface area contributed by atoms with E-state index in [9.17, 15) is 9.59 Å². The van der Waals surface area contributed by atoms with E-state index >= 15 is 0 Å². The summed E-state index contributed by atoms with van der Waals surface area (Å²) >= 11 is 1.19. The van der Waals surface area contributed by atoms with Gasteiger partial charge in [0.2, 0.25) is 18.6 Å². The van der Waals surface area contributed by atoms with Crippen molar-refractivity contribution in [2.75, 3.05) is 12.1 Å². The zero-order valence-corrected chi connectivity index (χ0v) is 17.3. The quantitative estimate of drug-likeness (QED) is 0.568. The number of anilines is 1. The summed E-state index contributed by atoms with van der Waals surface area (Å²) in [5.41, 5.74) is 3.54. The Labute approximate surface area is 177 Å². The molecule has 0 radical (unpaired) electrons. The van der Waals surface area contributed by atoms with Gasteiger partial charge >= 0.3 is 0 Å². The molecule has 1 saturated heterocycles. The number of hydrogen-bond donors (Lipinski definition) is 2. The second-order valence-electron chi connectivity index (χ2n) is 6.88. The molecule has 1 fully saturated rings. The van der Waals surface area contributed by atoms with Gasteiger partial charge in [0.1, 0.15) is 5.25 Å². The largest absolute Gasteiger partial charge is 0.454 e. The molecule has 1 unspecified atom stereocenters. The number of rotatable bonds is 5. The third-order valence-electron chi connectivity index (χ3n) is 4.64. The number of fused-ring (bicyclic) bond motifs is 1. The lowest BCUT2D eigenvalue weighted by Gasteiger charge is -2.12. The van der Waals surface area contributed by atoms with E-state index in [1.54, 1.807) is 18.3 Å². The van der Waals surface area contributed by atoms with E-state index < -0.39 is 5.25 Å². The number of amidine groups is 1. The Hall–Kier alpha value is -3.33. The average Bonchev–Trinajstić information content (AvgIpc) is 3.31. The Kier molecular flexibility index (Phi) is 5.71. The summed E-state index contributed by atoms with van der Waals surface area (Å²) in [5, 5.41) is 13.4. The summed E-state index contributed by atoms with van der Waals surface area (Å²) < 4.78 is 10.6. The lowest BCUT2D eigenvalue weighted by molar-refractivity contribution is -0.122. The summed E-state index contributed by atoms with van der Waals surface area (Å²) in [4.78, 5) is 24.6. The number of amides is 2. The van der Waals surface area contributed by atoms with Gasteiger partial charge in [-0.2, -0.15) is 5.10 Å². The van der Waals surface area contributed by atoms with Crippen LogP contribution in [0.15, 0.2) is 46.6 Å². The van der Waals surface area contributed by atoms with Crippen LogP contribution in [0.4, 0.5) is 5.69 Å². The average molecular weight is 424 g/mol. The fraction of sp³-hybridized carbons (Fsp3) is 0.238. The van der Waals surface area contributed by atoms with Crippen LogP contribution in [0.25, 0.3) is 0 Å². The van der Waals surface area contributed by atoms with Gasteiger partial charge in [-0.3, -0.25) is 9.59 Å². The normalized spacial score (nSPS) is 18.8. The highest BCUT2D eigenvalue weighted by atomic mass is 32.2. The summed E-state index contributed by atoms with van der Waals surface area (Å²) in [6.45, 7) is 4.07. The summed E-state index contributed by atoms with van der Waals surface area (Å²) in [6, 6.07) is 11.2. The van der Waals surface area contributed by atoms with Crippen molar-refractivity contribution in [1.82, 2.24) is 5.32 Å². The first-order valence-corrected chi connectivity index (χ1v) is 10.2. The van der Waals surface area contributed by atoms with Crippen molar-refractivity contribution in [2.24, 2.45) is 10.2 Å². The maximum absolute atomic E-state index is 12.4.